The number of carbonyl (C=O) groups excluding carboxylic acids is 1. The van der Waals surface area contributed by atoms with Gasteiger partial charge in [0.1, 0.15) is 0 Å². The molecular weight excluding hydrogens is 176 g/mol. The lowest BCUT2D eigenvalue weighted by molar-refractivity contribution is -0.116. The summed E-state index contributed by atoms with van der Waals surface area (Å²) in [5.41, 5.74) is 6.86. The Kier molecular flexibility index (Phi) is 3.88. The van der Waals surface area contributed by atoms with Crippen LogP contribution in [0.5, 0.6) is 0 Å². The second-order valence-corrected chi connectivity index (χ2v) is 2.97. The van der Waals surface area contributed by atoms with E-state index in [1.54, 1.807) is 0 Å². The molecule has 0 spiro atoms. The van der Waals surface area contributed by atoms with E-state index in [1.807, 2.05) is 30.3 Å². The normalized spacial score (nSPS) is 11.8. The van der Waals surface area contributed by atoms with Crippen LogP contribution in [-0.4, -0.2) is 12.5 Å². The zero-order valence-corrected chi connectivity index (χ0v) is 7.94. The second-order valence-electron chi connectivity index (χ2n) is 2.97. The van der Waals surface area contributed by atoms with Crippen LogP contribution in [0.4, 0.5) is 0 Å². The summed E-state index contributed by atoms with van der Waals surface area (Å²) in [6.07, 6.45) is 1.23. The molecule has 3 N–H and O–H groups in total. The lowest BCUT2D eigenvalue weighted by Gasteiger charge is -2.11. The topological polar surface area (TPSA) is 55.1 Å². The fraction of sp³-hybridized carbons (Fsp3) is 0.182. The average Bonchev–Trinajstić information content (AvgIpc) is 2.26. The van der Waals surface area contributed by atoms with E-state index >= 15 is 0 Å². The van der Waals surface area contributed by atoms with E-state index in [4.69, 9.17) is 5.73 Å². The zero-order valence-electron chi connectivity index (χ0n) is 7.94. The van der Waals surface area contributed by atoms with Crippen molar-refractivity contribution in [2.24, 2.45) is 5.73 Å². The molecule has 1 aromatic carbocycles. The lowest BCUT2D eigenvalue weighted by Crippen LogP contribution is -2.30. The van der Waals surface area contributed by atoms with Gasteiger partial charge in [0.15, 0.2) is 0 Å². The molecule has 3 heteroatoms. The first-order chi connectivity index (χ1) is 6.74. The predicted octanol–water partition coefficient (Wildman–Crippen LogP) is 0.989. The summed E-state index contributed by atoms with van der Waals surface area (Å²) >= 11 is 0. The number of hydrogen-bond acceptors (Lipinski definition) is 2. The molecule has 1 aromatic rings. The Morgan fingerprint density at radius 1 is 1.50 bits per heavy atom. The molecule has 0 bridgehead atoms. The smallest absolute Gasteiger partial charge is 0.243 e. The van der Waals surface area contributed by atoms with Crippen LogP contribution in [0.25, 0.3) is 0 Å². The molecule has 0 aromatic heterocycles. The van der Waals surface area contributed by atoms with Crippen LogP contribution in [0.15, 0.2) is 43.0 Å². The third-order valence-electron chi connectivity index (χ3n) is 1.91. The van der Waals surface area contributed by atoms with Gasteiger partial charge in [-0.25, -0.2) is 0 Å². The Balaban J connectivity index is 2.47. The van der Waals surface area contributed by atoms with Crippen molar-refractivity contribution >= 4 is 5.91 Å². The number of benzene rings is 1. The molecule has 0 saturated heterocycles. The Hall–Kier alpha value is -1.61. The number of carbonyl (C=O) groups is 1. The van der Waals surface area contributed by atoms with Crippen LogP contribution in [0.2, 0.25) is 0 Å². The minimum absolute atomic E-state index is 0.167. The highest BCUT2D eigenvalue weighted by Gasteiger charge is 2.05. The van der Waals surface area contributed by atoms with E-state index in [2.05, 4.69) is 11.9 Å². The maximum Gasteiger partial charge on any atom is 0.243 e. The molecule has 74 valence electrons. The van der Waals surface area contributed by atoms with Crippen molar-refractivity contribution in [1.29, 1.82) is 0 Å². The van der Waals surface area contributed by atoms with Crippen LogP contribution in [0.1, 0.15) is 11.6 Å². The second kappa shape index (κ2) is 5.19. The third kappa shape index (κ3) is 3.03. The summed E-state index contributed by atoms with van der Waals surface area (Å²) < 4.78 is 0. The van der Waals surface area contributed by atoms with Crippen molar-refractivity contribution < 1.29 is 4.79 Å². The number of hydrogen-bond donors (Lipinski definition) is 2. The van der Waals surface area contributed by atoms with E-state index in [0.29, 0.717) is 6.54 Å². The molecule has 0 saturated carbocycles. The first kappa shape index (κ1) is 10.5. The number of nitrogens with two attached hydrogens (primary N) is 1. The van der Waals surface area contributed by atoms with E-state index in [-0.39, 0.29) is 11.9 Å². The van der Waals surface area contributed by atoms with Crippen LogP contribution >= 0.6 is 0 Å². The number of rotatable bonds is 4. The van der Waals surface area contributed by atoms with Crippen LogP contribution in [-0.2, 0) is 4.79 Å². The molecule has 0 aliphatic rings. The van der Waals surface area contributed by atoms with Gasteiger partial charge in [-0.1, -0.05) is 36.9 Å². The number of nitrogens with one attached hydrogen (secondary N) is 1. The van der Waals surface area contributed by atoms with E-state index in [9.17, 15) is 4.79 Å². The summed E-state index contributed by atoms with van der Waals surface area (Å²) in [4.78, 5) is 10.9. The molecule has 14 heavy (non-hydrogen) atoms. The van der Waals surface area contributed by atoms with Gasteiger partial charge < -0.3 is 11.1 Å². The molecule has 0 aliphatic carbocycles. The Labute approximate surface area is 83.6 Å². The molecule has 0 heterocycles. The van der Waals surface area contributed by atoms with Gasteiger partial charge in [-0.3, -0.25) is 4.79 Å². The van der Waals surface area contributed by atoms with Gasteiger partial charge >= 0.3 is 0 Å². The monoisotopic (exact) mass is 190 g/mol. The minimum Gasteiger partial charge on any atom is -0.351 e. The lowest BCUT2D eigenvalue weighted by atomic mass is 10.1. The van der Waals surface area contributed by atoms with E-state index in [1.165, 1.54) is 6.08 Å². The van der Waals surface area contributed by atoms with Crippen molar-refractivity contribution in [2.45, 2.75) is 6.04 Å². The van der Waals surface area contributed by atoms with Gasteiger partial charge in [-0.2, -0.15) is 0 Å². The minimum atomic E-state index is -0.198. The van der Waals surface area contributed by atoms with Crippen molar-refractivity contribution in [2.75, 3.05) is 6.54 Å². The summed E-state index contributed by atoms with van der Waals surface area (Å²) in [5, 5.41) is 2.65. The molecule has 1 unspecified atom stereocenters. The maximum absolute atomic E-state index is 10.9. The summed E-state index contributed by atoms with van der Waals surface area (Å²) in [6.45, 7) is 3.78. The van der Waals surface area contributed by atoms with E-state index < -0.39 is 0 Å². The fourth-order valence-corrected chi connectivity index (χ4v) is 1.10. The molecule has 0 aliphatic heterocycles. The van der Waals surface area contributed by atoms with Crippen molar-refractivity contribution in [3.63, 3.8) is 0 Å². The standard InChI is InChI=1S/C11H14N2O/c1-2-11(14)13-8-10(12)9-6-4-3-5-7-9/h2-7,10H,1,8,12H2,(H,13,14). The quantitative estimate of drug-likeness (QED) is 0.695. The molecule has 3 nitrogen and oxygen atoms in total. The fourth-order valence-electron chi connectivity index (χ4n) is 1.10. The van der Waals surface area contributed by atoms with E-state index in [0.717, 1.165) is 5.56 Å². The van der Waals surface area contributed by atoms with Crippen molar-refractivity contribution in [3.8, 4) is 0 Å². The SMILES string of the molecule is C=CC(=O)NCC(N)c1ccccc1. The highest BCUT2D eigenvalue weighted by atomic mass is 16.1. The summed E-state index contributed by atoms with van der Waals surface area (Å²) in [5.74, 6) is -0.198. The van der Waals surface area contributed by atoms with Gasteiger partial charge in [-0.15, -0.1) is 0 Å². The largest absolute Gasteiger partial charge is 0.351 e. The molecule has 1 atom stereocenters. The molecule has 1 amide bonds. The third-order valence-corrected chi connectivity index (χ3v) is 1.91. The molecular formula is C11H14N2O. The number of amides is 1. The van der Waals surface area contributed by atoms with Gasteiger partial charge in [0.05, 0.1) is 0 Å². The maximum atomic E-state index is 10.9. The Morgan fingerprint density at radius 2 is 2.14 bits per heavy atom. The van der Waals surface area contributed by atoms with Gasteiger partial charge in [0.25, 0.3) is 0 Å². The van der Waals surface area contributed by atoms with Gasteiger partial charge in [-0.05, 0) is 11.6 Å². The Bertz CT molecular complexity index is 308. The summed E-state index contributed by atoms with van der Waals surface area (Å²) in [7, 11) is 0. The first-order valence-corrected chi connectivity index (χ1v) is 4.45. The van der Waals surface area contributed by atoms with Crippen LogP contribution in [0.3, 0.4) is 0 Å². The average molecular weight is 190 g/mol. The first-order valence-electron chi connectivity index (χ1n) is 4.45. The molecule has 0 radical (unpaired) electrons. The summed E-state index contributed by atoms with van der Waals surface area (Å²) in [6, 6.07) is 9.48. The molecule has 1 rings (SSSR count). The van der Waals surface area contributed by atoms with Crippen LogP contribution < -0.4 is 11.1 Å². The molecule has 0 fully saturated rings. The van der Waals surface area contributed by atoms with Crippen molar-refractivity contribution in [3.05, 3.63) is 48.6 Å². The predicted molar refractivity (Wildman–Crippen MR) is 56.6 cm³/mol. The van der Waals surface area contributed by atoms with Crippen molar-refractivity contribution in [1.82, 2.24) is 5.32 Å². The van der Waals surface area contributed by atoms with Gasteiger partial charge in [0.2, 0.25) is 5.91 Å². The highest BCUT2D eigenvalue weighted by molar-refractivity contribution is 5.86. The van der Waals surface area contributed by atoms with Gasteiger partial charge in [0, 0.05) is 12.6 Å². The Morgan fingerprint density at radius 3 is 2.71 bits per heavy atom. The highest BCUT2D eigenvalue weighted by Crippen LogP contribution is 2.07. The zero-order chi connectivity index (χ0) is 10.4. The van der Waals surface area contributed by atoms with Crippen LogP contribution in [0, 0.1) is 0 Å².